The number of hydrogen-bond donors (Lipinski definition) is 0. The summed E-state index contributed by atoms with van der Waals surface area (Å²) in [5.41, 5.74) is 1.50. The molecular weight excluding hydrogens is 243 g/mol. The topological polar surface area (TPSA) is 35.0 Å². The molecule has 0 N–H and O–H groups in total. The van der Waals surface area contributed by atoms with Gasteiger partial charge in [-0.3, -0.25) is 0 Å². The monoisotopic (exact) mass is 256 g/mol. The van der Waals surface area contributed by atoms with Gasteiger partial charge in [0.2, 0.25) is 5.88 Å². The Morgan fingerprint density at radius 1 is 1.16 bits per heavy atom. The van der Waals surface area contributed by atoms with Gasteiger partial charge >= 0.3 is 0 Å². The van der Waals surface area contributed by atoms with Gasteiger partial charge in [0.15, 0.2) is 6.61 Å². The van der Waals surface area contributed by atoms with E-state index in [1.807, 2.05) is 6.92 Å². The number of benzene rings is 1. The normalized spacial score (nSPS) is 9.58. The minimum atomic E-state index is -0.274. The van der Waals surface area contributed by atoms with Crippen LogP contribution in [-0.2, 0) is 0 Å². The van der Waals surface area contributed by atoms with Gasteiger partial charge < -0.3 is 4.74 Å². The Morgan fingerprint density at radius 2 is 1.95 bits per heavy atom. The van der Waals surface area contributed by atoms with Crippen LogP contribution in [0, 0.1) is 17.7 Å². The second-order valence-corrected chi connectivity index (χ2v) is 3.74. The Kier molecular flexibility index (Phi) is 4.46. The molecule has 0 saturated heterocycles. The first-order chi connectivity index (χ1) is 9.29. The zero-order valence-corrected chi connectivity index (χ0v) is 10.6. The van der Waals surface area contributed by atoms with Crippen LogP contribution in [0.25, 0.3) is 11.3 Å². The highest BCUT2D eigenvalue weighted by atomic mass is 19.1. The predicted octanol–water partition coefficient (Wildman–Crippen LogP) is 3.07. The largest absolute Gasteiger partial charge is 0.464 e. The fourth-order valence-electron chi connectivity index (χ4n) is 1.48. The molecule has 0 aliphatic carbocycles. The van der Waals surface area contributed by atoms with Crippen molar-refractivity contribution in [3.63, 3.8) is 0 Å². The van der Waals surface area contributed by atoms with Gasteiger partial charge in [-0.05, 0) is 24.3 Å². The number of rotatable bonds is 3. The van der Waals surface area contributed by atoms with Crippen molar-refractivity contribution in [2.75, 3.05) is 6.61 Å². The summed E-state index contributed by atoms with van der Waals surface area (Å²) in [5.74, 6) is 5.96. The molecule has 1 aromatic heterocycles. The molecule has 1 heterocycles. The van der Waals surface area contributed by atoms with Crippen LogP contribution in [0.2, 0.25) is 0 Å². The SMILES string of the molecule is CCC#CCOc1cc(-c2ccc(F)cc2)ncn1. The van der Waals surface area contributed by atoms with E-state index in [-0.39, 0.29) is 5.82 Å². The van der Waals surface area contributed by atoms with E-state index < -0.39 is 0 Å². The summed E-state index contributed by atoms with van der Waals surface area (Å²) < 4.78 is 18.2. The van der Waals surface area contributed by atoms with Crippen molar-refractivity contribution in [3.8, 4) is 29.0 Å². The Bertz CT molecular complexity index is 600. The molecule has 0 bridgehead atoms. The maximum Gasteiger partial charge on any atom is 0.217 e. The zero-order chi connectivity index (χ0) is 13.5. The van der Waals surface area contributed by atoms with E-state index in [1.165, 1.54) is 18.5 Å². The molecule has 0 fully saturated rings. The van der Waals surface area contributed by atoms with E-state index >= 15 is 0 Å². The fraction of sp³-hybridized carbons (Fsp3) is 0.200. The second kappa shape index (κ2) is 6.50. The number of hydrogen-bond acceptors (Lipinski definition) is 3. The lowest BCUT2D eigenvalue weighted by atomic mass is 10.1. The summed E-state index contributed by atoms with van der Waals surface area (Å²) in [5, 5.41) is 0. The van der Waals surface area contributed by atoms with E-state index in [0.29, 0.717) is 18.2 Å². The van der Waals surface area contributed by atoms with Crippen molar-refractivity contribution in [1.82, 2.24) is 9.97 Å². The van der Waals surface area contributed by atoms with Crippen LogP contribution < -0.4 is 4.74 Å². The van der Waals surface area contributed by atoms with Gasteiger partial charge in [0.25, 0.3) is 0 Å². The molecule has 0 saturated carbocycles. The standard InChI is InChI=1S/C15H13FN2O/c1-2-3-4-9-19-15-10-14(17-11-18-15)12-5-7-13(16)8-6-12/h5-8,10-11H,2,9H2,1H3. The van der Waals surface area contributed by atoms with Gasteiger partial charge in [-0.1, -0.05) is 12.8 Å². The van der Waals surface area contributed by atoms with Crippen LogP contribution in [0.5, 0.6) is 5.88 Å². The highest BCUT2D eigenvalue weighted by Crippen LogP contribution is 2.19. The molecule has 19 heavy (non-hydrogen) atoms. The number of ether oxygens (including phenoxy) is 1. The third kappa shape index (κ3) is 3.78. The van der Waals surface area contributed by atoms with Crippen molar-refractivity contribution < 1.29 is 9.13 Å². The molecule has 3 nitrogen and oxygen atoms in total. The molecule has 2 aromatic rings. The van der Waals surface area contributed by atoms with Crippen LogP contribution >= 0.6 is 0 Å². The van der Waals surface area contributed by atoms with Crippen LogP contribution in [0.3, 0.4) is 0 Å². The summed E-state index contributed by atoms with van der Waals surface area (Å²) in [6.07, 6.45) is 2.22. The summed E-state index contributed by atoms with van der Waals surface area (Å²) in [6.45, 7) is 2.28. The lowest BCUT2D eigenvalue weighted by molar-refractivity contribution is 0.354. The van der Waals surface area contributed by atoms with E-state index in [0.717, 1.165) is 12.0 Å². The minimum absolute atomic E-state index is 0.274. The Hall–Kier alpha value is -2.41. The highest BCUT2D eigenvalue weighted by Gasteiger charge is 2.02. The molecule has 4 heteroatoms. The van der Waals surface area contributed by atoms with Crippen molar-refractivity contribution in [2.24, 2.45) is 0 Å². The van der Waals surface area contributed by atoms with E-state index in [2.05, 4.69) is 21.8 Å². The van der Waals surface area contributed by atoms with E-state index in [4.69, 9.17) is 4.74 Å². The quantitative estimate of drug-likeness (QED) is 0.792. The number of halogens is 1. The number of nitrogens with zero attached hydrogens (tertiary/aromatic N) is 2. The first kappa shape index (κ1) is 13.0. The van der Waals surface area contributed by atoms with Gasteiger partial charge in [0.05, 0.1) is 5.69 Å². The average Bonchev–Trinajstić information content (AvgIpc) is 2.45. The average molecular weight is 256 g/mol. The second-order valence-electron chi connectivity index (χ2n) is 3.74. The lowest BCUT2D eigenvalue weighted by Crippen LogP contribution is -1.97. The lowest BCUT2D eigenvalue weighted by Gasteiger charge is -2.04. The van der Waals surface area contributed by atoms with Gasteiger partial charge in [-0.25, -0.2) is 14.4 Å². The molecular formula is C15H13FN2O. The van der Waals surface area contributed by atoms with Crippen LogP contribution in [-0.4, -0.2) is 16.6 Å². The highest BCUT2D eigenvalue weighted by molar-refractivity contribution is 5.59. The van der Waals surface area contributed by atoms with Gasteiger partial charge in [-0.15, -0.1) is 5.92 Å². The smallest absolute Gasteiger partial charge is 0.217 e. The van der Waals surface area contributed by atoms with Crippen molar-refractivity contribution >= 4 is 0 Å². The van der Waals surface area contributed by atoms with Crippen molar-refractivity contribution in [2.45, 2.75) is 13.3 Å². The predicted molar refractivity (Wildman–Crippen MR) is 71.0 cm³/mol. The third-order valence-corrected chi connectivity index (χ3v) is 2.38. The van der Waals surface area contributed by atoms with E-state index in [1.54, 1.807) is 18.2 Å². The maximum absolute atomic E-state index is 12.8. The molecule has 1 aromatic carbocycles. The Morgan fingerprint density at radius 3 is 2.68 bits per heavy atom. The molecule has 0 amide bonds. The van der Waals surface area contributed by atoms with E-state index in [9.17, 15) is 4.39 Å². The maximum atomic E-state index is 12.8. The summed E-state index contributed by atoms with van der Waals surface area (Å²) >= 11 is 0. The minimum Gasteiger partial charge on any atom is -0.464 e. The first-order valence-corrected chi connectivity index (χ1v) is 5.96. The molecule has 0 unspecified atom stereocenters. The van der Waals surface area contributed by atoms with Crippen LogP contribution in [0.4, 0.5) is 4.39 Å². The fourth-order valence-corrected chi connectivity index (χ4v) is 1.48. The zero-order valence-electron chi connectivity index (χ0n) is 10.6. The summed E-state index contributed by atoms with van der Waals surface area (Å²) in [7, 11) is 0. The molecule has 2 rings (SSSR count). The van der Waals surface area contributed by atoms with Crippen molar-refractivity contribution in [3.05, 3.63) is 42.5 Å². The van der Waals surface area contributed by atoms with Crippen molar-refractivity contribution in [1.29, 1.82) is 0 Å². The van der Waals surface area contributed by atoms with Gasteiger partial charge in [-0.2, -0.15) is 0 Å². The molecule has 0 spiro atoms. The Balaban J connectivity index is 2.12. The van der Waals surface area contributed by atoms with Crippen LogP contribution in [0.1, 0.15) is 13.3 Å². The molecule has 96 valence electrons. The summed E-state index contributed by atoms with van der Waals surface area (Å²) in [4.78, 5) is 8.14. The number of aromatic nitrogens is 2. The molecule has 0 radical (unpaired) electrons. The van der Waals surface area contributed by atoms with Gasteiger partial charge in [0, 0.05) is 18.1 Å². The molecule has 0 aliphatic heterocycles. The van der Waals surface area contributed by atoms with Crippen LogP contribution in [0.15, 0.2) is 36.7 Å². The first-order valence-electron chi connectivity index (χ1n) is 5.96. The molecule has 0 atom stereocenters. The third-order valence-electron chi connectivity index (χ3n) is 2.38. The molecule has 0 aliphatic rings. The Labute approximate surface area is 111 Å². The summed E-state index contributed by atoms with van der Waals surface area (Å²) in [6, 6.07) is 7.83. The van der Waals surface area contributed by atoms with Gasteiger partial charge in [0.1, 0.15) is 12.1 Å².